The predicted octanol–water partition coefficient (Wildman–Crippen LogP) is 3.28. The van der Waals surface area contributed by atoms with Gasteiger partial charge in [-0.05, 0) is 28.1 Å². The molecule has 1 aromatic carbocycles. The van der Waals surface area contributed by atoms with Gasteiger partial charge in [-0.2, -0.15) is 0 Å². The molecule has 2 aromatic rings. The Bertz CT molecular complexity index is 427. The summed E-state index contributed by atoms with van der Waals surface area (Å²) >= 11 is 4.82. The van der Waals surface area contributed by atoms with Crippen LogP contribution in [0.5, 0.6) is 5.75 Å². The molecule has 2 nitrogen and oxygen atoms in total. The highest BCUT2D eigenvalue weighted by molar-refractivity contribution is 9.11. The molecule has 1 aromatic heterocycles. The van der Waals surface area contributed by atoms with Gasteiger partial charge in [0, 0.05) is 10.9 Å². The number of halogens is 1. The first-order valence-corrected chi connectivity index (χ1v) is 5.33. The Morgan fingerprint density at radius 3 is 2.85 bits per heavy atom. The SMILES string of the molecule is Oc1cccc(-c2csc(Br)n2)c1. The molecule has 4 heteroatoms. The van der Waals surface area contributed by atoms with Crippen LogP contribution >= 0.6 is 27.3 Å². The number of phenols is 1. The molecule has 66 valence electrons. The first-order valence-electron chi connectivity index (χ1n) is 3.66. The predicted molar refractivity (Wildman–Crippen MR) is 56.9 cm³/mol. The van der Waals surface area contributed by atoms with Gasteiger partial charge in [0.1, 0.15) is 5.75 Å². The molecule has 0 unspecified atom stereocenters. The quantitative estimate of drug-likeness (QED) is 0.849. The third-order valence-electron chi connectivity index (χ3n) is 1.62. The minimum atomic E-state index is 0.265. The molecular weight excluding hydrogens is 250 g/mol. The Morgan fingerprint density at radius 2 is 2.23 bits per heavy atom. The van der Waals surface area contributed by atoms with Crippen molar-refractivity contribution in [1.82, 2.24) is 4.98 Å². The second kappa shape index (κ2) is 3.47. The van der Waals surface area contributed by atoms with E-state index in [0.717, 1.165) is 15.2 Å². The molecule has 0 bridgehead atoms. The van der Waals surface area contributed by atoms with Crippen LogP contribution in [0.25, 0.3) is 11.3 Å². The van der Waals surface area contributed by atoms with Crippen LogP contribution in [0.4, 0.5) is 0 Å². The zero-order valence-corrected chi connectivity index (χ0v) is 8.97. The molecule has 0 radical (unpaired) electrons. The Morgan fingerprint density at radius 1 is 1.38 bits per heavy atom. The highest BCUT2D eigenvalue weighted by atomic mass is 79.9. The number of aromatic nitrogens is 1. The second-order valence-electron chi connectivity index (χ2n) is 2.54. The molecule has 2 rings (SSSR count). The van der Waals surface area contributed by atoms with E-state index in [1.54, 1.807) is 18.2 Å². The Balaban J connectivity index is 2.46. The molecular formula is C9H6BrNOS. The molecule has 1 heterocycles. The fourth-order valence-electron chi connectivity index (χ4n) is 1.05. The number of aromatic hydroxyl groups is 1. The van der Waals surface area contributed by atoms with E-state index in [9.17, 15) is 5.11 Å². The molecule has 0 amide bonds. The van der Waals surface area contributed by atoms with Crippen LogP contribution in [0.1, 0.15) is 0 Å². The monoisotopic (exact) mass is 255 g/mol. The molecule has 1 N–H and O–H groups in total. The van der Waals surface area contributed by atoms with Gasteiger partial charge >= 0.3 is 0 Å². The Kier molecular flexibility index (Phi) is 2.33. The highest BCUT2D eigenvalue weighted by Crippen LogP contribution is 2.26. The lowest BCUT2D eigenvalue weighted by Crippen LogP contribution is -1.75. The second-order valence-corrected chi connectivity index (χ2v) is 4.67. The standard InChI is InChI=1S/C9H6BrNOS/c10-9-11-8(5-13-9)6-2-1-3-7(12)4-6/h1-5,12H. The van der Waals surface area contributed by atoms with Crippen molar-refractivity contribution in [1.29, 1.82) is 0 Å². The molecule has 0 aliphatic carbocycles. The summed E-state index contributed by atoms with van der Waals surface area (Å²) in [4.78, 5) is 4.25. The van der Waals surface area contributed by atoms with Crippen LogP contribution in [0.3, 0.4) is 0 Å². The van der Waals surface area contributed by atoms with Gasteiger partial charge in [0.05, 0.1) is 5.69 Å². The first kappa shape index (κ1) is 8.72. The fraction of sp³-hybridized carbons (Fsp3) is 0. The topological polar surface area (TPSA) is 33.1 Å². The van der Waals surface area contributed by atoms with Gasteiger partial charge in [-0.15, -0.1) is 11.3 Å². The number of nitrogens with zero attached hydrogens (tertiary/aromatic N) is 1. The molecule has 0 fully saturated rings. The van der Waals surface area contributed by atoms with Gasteiger partial charge in [-0.1, -0.05) is 12.1 Å². The van der Waals surface area contributed by atoms with Crippen LogP contribution < -0.4 is 0 Å². The summed E-state index contributed by atoms with van der Waals surface area (Å²) in [5, 5.41) is 11.2. The van der Waals surface area contributed by atoms with Gasteiger partial charge in [-0.25, -0.2) is 4.98 Å². The van der Waals surface area contributed by atoms with Crippen molar-refractivity contribution in [3.63, 3.8) is 0 Å². The summed E-state index contributed by atoms with van der Waals surface area (Å²) < 4.78 is 0.853. The minimum Gasteiger partial charge on any atom is -0.508 e. The molecule has 0 atom stereocenters. The van der Waals surface area contributed by atoms with Crippen molar-refractivity contribution in [2.75, 3.05) is 0 Å². The van der Waals surface area contributed by atoms with Crippen molar-refractivity contribution in [3.8, 4) is 17.0 Å². The third-order valence-corrected chi connectivity index (χ3v) is 2.98. The smallest absolute Gasteiger partial charge is 0.159 e. The normalized spacial score (nSPS) is 10.2. The third kappa shape index (κ3) is 1.89. The summed E-state index contributed by atoms with van der Waals surface area (Å²) in [6, 6.07) is 7.06. The van der Waals surface area contributed by atoms with E-state index in [2.05, 4.69) is 20.9 Å². The number of phenolic OH excluding ortho intramolecular Hbond substituents is 1. The summed E-state index contributed by atoms with van der Waals surface area (Å²) in [5.74, 6) is 0.265. The van der Waals surface area contributed by atoms with E-state index in [1.807, 2.05) is 11.4 Å². The fourth-order valence-corrected chi connectivity index (χ4v) is 2.07. The lowest BCUT2D eigenvalue weighted by molar-refractivity contribution is 0.475. The minimum absolute atomic E-state index is 0.265. The van der Waals surface area contributed by atoms with Crippen molar-refractivity contribution in [2.45, 2.75) is 0 Å². The van der Waals surface area contributed by atoms with Crippen molar-refractivity contribution in [2.24, 2.45) is 0 Å². The number of benzene rings is 1. The summed E-state index contributed by atoms with van der Waals surface area (Å²) in [6.07, 6.45) is 0. The maximum atomic E-state index is 9.25. The first-order chi connectivity index (χ1) is 6.25. The largest absolute Gasteiger partial charge is 0.508 e. The van der Waals surface area contributed by atoms with Gasteiger partial charge < -0.3 is 5.11 Å². The average molecular weight is 256 g/mol. The Labute approximate surface area is 88.0 Å². The van der Waals surface area contributed by atoms with Crippen molar-refractivity contribution in [3.05, 3.63) is 33.6 Å². The van der Waals surface area contributed by atoms with Crippen LogP contribution in [-0.2, 0) is 0 Å². The van der Waals surface area contributed by atoms with E-state index in [0.29, 0.717) is 0 Å². The van der Waals surface area contributed by atoms with Gasteiger partial charge in [0.2, 0.25) is 0 Å². The van der Waals surface area contributed by atoms with Gasteiger partial charge in [0.25, 0.3) is 0 Å². The van der Waals surface area contributed by atoms with Crippen LogP contribution in [0, 0.1) is 0 Å². The summed E-state index contributed by atoms with van der Waals surface area (Å²) in [7, 11) is 0. The number of thiazole rings is 1. The highest BCUT2D eigenvalue weighted by Gasteiger charge is 2.02. The lowest BCUT2D eigenvalue weighted by atomic mass is 10.2. The van der Waals surface area contributed by atoms with E-state index < -0.39 is 0 Å². The van der Waals surface area contributed by atoms with Crippen LogP contribution in [0.2, 0.25) is 0 Å². The van der Waals surface area contributed by atoms with Crippen LogP contribution in [0.15, 0.2) is 33.6 Å². The molecule has 0 aliphatic heterocycles. The van der Waals surface area contributed by atoms with E-state index in [4.69, 9.17) is 0 Å². The zero-order chi connectivity index (χ0) is 9.26. The maximum absolute atomic E-state index is 9.25. The maximum Gasteiger partial charge on any atom is 0.159 e. The van der Waals surface area contributed by atoms with E-state index in [-0.39, 0.29) is 5.75 Å². The molecule has 0 saturated carbocycles. The lowest BCUT2D eigenvalue weighted by Gasteiger charge is -1.96. The Hall–Kier alpha value is -0.870. The average Bonchev–Trinajstić information content (AvgIpc) is 2.52. The van der Waals surface area contributed by atoms with Crippen molar-refractivity contribution >= 4 is 27.3 Å². The molecule has 0 spiro atoms. The molecule has 0 saturated heterocycles. The van der Waals surface area contributed by atoms with Gasteiger partial charge in [-0.3, -0.25) is 0 Å². The number of hydrogen-bond donors (Lipinski definition) is 1. The van der Waals surface area contributed by atoms with Gasteiger partial charge in [0.15, 0.2) is 3.92 Å². The molecule has 13 heavy (non-hydrogen) atoms. The zero-order valence-electron chi connectivity index (χ0n) is 6.57. The van der Waals surface area contributed by atoms with Crippen LogP contribution in [-0.4, -0.2) is 10.1 Å². The summed E-state index contributed by atoms with van der Waals surface area (Å²) in [5.41, 5.74) is 1.81. The number of rotatable bonds is 1. The number of hydrogen-bond acceptors (Lipinski definition) is 3. The van der Waals surface area contributed by atoms with Crippen molar-refractivity contribution < 1.29 is 5.11 Å². The summed E-state index contributed by atoms with van der Waals surface area (Å²) in [6.45, 7) is 0. The van der Waals surface area contributed by atoms with E-state index >= 15 is 0 Å². The van der Waals surface area contributed by atoms with E-state index in [1.165, 1.54) is 11.3 Å². The molecule has 0 aliphatic rings.